The number of hydrogen-bond acceptors (Lipinski definition) is 3. The molecule has 1 saturated heterocycles. The maximum Gasteiger partial charge on any atom is 0.262 e. The number of benzene rings is 3. The lowest BCUT2D eigenvalue weighted by molar-refractivity contribution is -0.00521. The molecule has 6 rings (SSSR count). The van der Waals surface area contributed by atoms with Gasteiger partial charge in [-0.25, -0.2) is 0 Å². The second-order valence-corrected chi connectivity index (χ2v) is 10.3. The van der Waals surface area contributed by atoms with Crippen molar-refractivity contribution in [3.8, 4) is 16.8 Å². The highest BCUT2D eigenvalue weighted by molar-refractivity contribution is 5.98. The number of anilines is 1. The minimum Gasteiger partial charge on any atom is -0.372 e. The molecule has 1 aliphatic heterocycles. The highest BCUT2D eigenvalue weighted by atomic mass is 16.5. The Morgan fingerprint density at radius 1 is 0.829 bits per heavy atom. The molecule has 0 amide bonds. The molecular formula is C31H32N2O2. The molecule has 2 fully saturated rings. The summed E-state index contributed by atoms with van der Waals surface area (Å²) in [4.78, 5) is 16.0. The van der Waals surface area contributed by atoms with Crippen molar-refractivity contribution in [1.82, 2.24) is 4.57 Å². The molecule has 3 aromatic carbocycles. The van der Waals surface area contributed by atoms with E-state index in [1.807, 2.05) is 30.5 Å². The fourth-order valence-electron chi connectivity index (χ4n) is 5.60. The summed E-state index contributed by atoms with van der Waals surface area (Å²) in [5.41, 5.74) is 6.88. The number of rotatable bonds is 4. The van der Waals surface area contributed by atoms with Gasteiger partial charge in [0.1, 0.15) is 0 Å². The maximum atomic E-state index is 13.6. The van der Waals surface area contributed by atoms with Crippen molar-refractivity contribution in [2.24, 2.45) is 0 Å². The molecule has 0 spiro atoms. The molecule has 0 N–H and O–H groups in total. The van der Waals surface area contributed by atoms with E-state index in [-0.39, 0.29) is 17.8 Å². The summed E-state index contributed by atoms with van der Waals surface area (Å²) in [6.45, 7) is 8.09. The van der Waals surface area contributed by atoms with E-state index in [1.54, 1.807) is 4.57 Å². The molecule has 0 radical (unpaired) electrons. The molecule has 1 saturated carbocycles. The third-order valence-corrected chi connectivity index (χ3v) is 7.41. The fourth-order valence-corrected chi connectivity index (χ4v) is 5.60. The van der Waals surface area contributed by atoms with Crippen LogP contribution in [-0.4, -0.2) is 29.9 Å². The summed E-state index contributed by atoms with van der Waals surface area (Å²) in [5, 5.41) is 1.80. The van der Waals surface area contributed by atoms with E-state index in [0.717, 1.165) is 46.6 Å². The first-order valence-corrected chi connectivity index (χ1v) is 12.7. The molecular weight excluding hydrogens is 432 g/mol. The zero-order valence-electron chi connectivity index (χ0n) is 20.7. The van der Waals surface area contributed by atoms with Gasteiger partial charge < -0.3 is 9.64 Å². The van der Waals surface area contributed by atoms with Crippen LogP contribution < -0.4 is 10.5 Å². The highest BCUT2D eigenvalue weighted by Gasteiger charge is 2.24. The van der Waals surface area contributed by atoms with Crippen LogP contribution in [-0.2, 0) is 4.74 Å². The van der Waals surface area contributed by atoms with E-state index in [1.165, 1.54) is 29.7 Å². The average molecular weight is 465 g/mol. The van der Waals surface area contributed by atoms with Crippen molar-refractivity contribution < 1.29 is 4.74 Å². The van der Waals surface area contributed by atoms with Gasteiger partial charge in [-0.1, -0.05) is 36.4 Å². The van der Waals surface area contributed by atoms with Gasteiger partial charge in [-0.15, -0.1) is 0 Å². The Morgan fingerprint density at radius 2 is 1.49 bits per heavy atom. The average Bonchev–Trinajstić information content (AvgIpc) is 3.71. The largest absolute Gasteiger partial charge is 0.372 e. The topological polar surface area (TPSA) is 34.5 Å². The molecule has 178 valence electrons. The van der Waals surface area contributed by atoms with Crippen LogP contribution >= 0.6 is 0 Å². The standard InChI is InChI=1S/C31H32N2O2/c1-20-17-33(27-15-13-26(14-16-27)32-18-21(2)35-22(3)19-32)31(34)29-6-4-5-28(30(20)29)25-11-9-24(10-12-25)23-7-8-23/h4-6,9-17,21-23H,7-8,18-19H2,1-3H3/t21-,22+. The van der Waals surface area contributed by atoms with Crippen molar-refractivity contribution in [2.75, 3.05) is 18.0 Å². The number of hydrogen-bond donors (Lipinski definition) is 0. The van der Waals surface area contributed by atoms with E-state index in [4.69, 9.17) is 4.74 Å². The maximum absolute atomic E-state index is 13.6. The van der Waals surface area contributed by atoms with E-state index in [2.05, 4.69) is 68.1 Å². The fraction of sp³-hybridized carbons (Fsp3) is 0.323. The van der Waals surface area contributed by atoms with Crippen LogP contribution in [0.2, 0.25) is 0 Å². The van der Waals surface area contributed by atoms with Crippen LogP contribution in [0.1, 0.15) is 43.7 Å². The Kier molecular flexibility index (Phi) is 5.49. The van der Waals surface area contributed by atoms with Crippen molar-refractivity contribution in [3.05, 3.63) is 94.4 Å². The molecule has 4 aromatic rings. The van der Waals surface area contributed by atoms with Crippen molar-refractivity contribution in [3.63, 3.8) is 0 Å². The third kappa shape index (κ3) is 4.17. The minimum atomic E-state index is 0.0171. The van der Waals surface area contributed by atoms with Crippen LogP contribution in [0.3, 0.4) is 0 Å². The molecule has 4 heteroatoms. The van der Waals surface area contributed by atoms with E-state index < -0.39 is 0 Å². The summed E-state index contributed by atoms with van der Waals surface area (Å²) in [6, 6.07) is 23.3. The molecule has 1 aliphatic carbocycles. The SMILES string of the molecule is Cc1cn(-c2ccc(N3C[C@@H](C)O[C@@H](C)C3)cc2)c(=O)c2cccc(-c3ccc(C4CC4)cc3)c12. The lowest BCUT2D eigenvalue weighted by Gasteiger charge is -2.36. The van der Waals surface area contributed by atoms with Gasteiger partial charge in [0, 0.05) is 36.0 Å². The molecule has 4 nitrogen and oxygen atoms in total. The quantitative estimate of drug-likeness (QED) is 0.348. The van der Waals surface area contributed by atoms with Gasteiger partial charge in [0.15, 0.2) is 0 Å². The smallest absolute Gasteiger partial charge is 0.262 e. The van der Waals surface area contributed by atoms with Crippen molar-refractivity contribution in [2.45, 2.75) is 51.7 Å². The monoisotopic (exact) mass is 464 g/mol. The molecule has 2 aliphatic rings. The summed E-state index contributed by atoms with van der Waals surface area (Å²) < 4.78 is 7.66. The Balaban J connectivity index is 1.37. The van der Waals surface area contributed by atoms with Gasteiger partial charge in [-0.3, -0.25) is 9.36 Å². The van der Waals surface area contributed by atoms with Crippen molar-refractivity contribution >= 4 is 16.5 Å². The predicted octanol–water partition coefficient (Wildman–Crippen LogP) is 6.46. The second-order valence-electron chi connectivity index (χ2n) is 10.3. The number of nitrogens with zero attached hydrogens (tertiary/aromatic N) is 2. The van der Waals surface area contributed by atoms with Gasteiger partial charge in [-0.2, -0.15) is 0 Å². The summed E-state index contributed by atoms with van der Waals surface area (Å²) in [5.74, 6) is 0.743. The molecule has 0 bridgehead atoms. The normalized spacial score (nSPS) is 20.4. The van der Waals surface area contributed by atoms with Gasteiger partial charge in [0.05, 0.1) is 12.2 Å². The zero-order chi connectivity index (χ0) is 24.1. The molecule has 2 atom stereocenters. The van der Waals surface area contributed by atoms with Gasteiger partial charge in [0.2, 0.25) is 0 Å². The Morgan fingerprint density at radius 3 is 2.14 bits per heavy atom. The van der Waals surface area contributed by atoms with Crippen LogP contribution in [0.4, 0.5) is 5.69 Å². The lowest BCUT2D eigenvalue weighted by atomic mass is 9.95. The third-order valence-electron chi connectivity index (χ3n) is 7.41. The number of aryl methyl sites for hydroxylation is 1. The predicted molar refractivity (Wildman–Crippen MR) is 144 cm³/mol. The van der Waals surface area contributed by atoms with Gasteiger partial charge in [0.25, 0.3) is 5.56 Å². The number of fused-ring (bicyclic) bond motifs is 1. The second kappa shape index (κ2) is 8.69. The van der Waals surface area contributed by atoms with Gasteiger partial charge in [-0.05, 0) is 97.5 Å². The zero-order valence-corrected chi connectivity index (χ0v) is 20.7. The lowest BCUT2D eigenvalue weighted by Crippen LogP contribution is -2.45. The van der Waals surface area contributed by atoms with Crippen LogP contribution in [0.5, 0.6) is 0 Å². The van der Waals surface area contributed by atoms with Crippen LogP contribution in [0, 0.1) is 6.92 Å². The van der Waals surface area contributed by atoms with E-state index >= 15 is 0 Å². The van der Waals surface area contributed by atoms with E-state index in [9.17, 15) is 4.79 Å². The Labute approximate surface area is 206 Å². The van der Waals surface area contributed by atoms with E-state index in [0.29, 0.717) is 0 Å². The Bertz CT molecular complexity index is 1420. The summed E-state index contributed by atoms with van der Waals surface area (Å²) in [7, 11) is 0. The molecule has 35 heavy (non-hydrogen) atoms. The summed E-state index contributed by atoms with van der Waals surface area (Å²) >= 11 is 0. The number of ether oxygens (including phenoxy) is 1. The summed E-state index contributed by atoms with van der Waals surface area (Å²) in [6.07, 6.45) is 5.02. The van der Waals surface area contributed by atoms with Crippen LogP contribution in [0.15, 0.2) is 77.7 Å². The Hall–Kier alpha value is -3.37. The first-order chi connectivity index (χ1) is 17.0. The molecule has 1 aromatic heterocycles. The van der Waals surface area contributed by atoms with Crippen LogP contribution in [0.25, 0.3) is 27.6 Å². The first kappa shape index (κ1) is 22.1. The van der Waals surface area contributed by atoms with Gasteiger partial charge >= 0.3 is 0 Å². The first-order valence-electron chi connectivity index (χ1n) is 12.7. The number of pyridine rings is 1. The highest BCUT2D eigenvalue weighted by Crippen LogP contribution is 2.41. The minimum absolute atomic E-state index is 0.0171. The number of aromatic nitrogens is 1. The molecule has 0 unspecified atom stereocenters. The number of morpholine rings is 1. The van der Waals surface area contributed by atoms with Crippen molar-refractivity contribution in [1.29, 1.82) is 0 Å². The molecule has 2 heterocycles.